The number of piperidine rings is 1. The van der Waals surface area contributed by atoms with Crippen molar-refractivity contribution in [2.24, 2.45) is 5.92 Å². The minimum atomic E-state index is -2.95. The third-order valence-corrected chi connectivity index (χ3v) is 6.57. The van der Waals surface area contributed by atoms with E-state index in [1.54, 1.807) is 31.2 Å². The Balaban J connectivity index is 1.59. The van der Waals surface area contributed by atoms with Crippen LogP contribution in [0.1, 0.15) is 46.2 Å². The Bertz CT molecular complexity index is 1150. The second-order valence-electron chi connectivity index (χ2n) is 8.45. The van der Waals surface area contributed by atoms with Gasteiger partial charge in [-0.2, -0.15) is 0 Å². The number of hydrogen-bond acceptors (Lipinski definition) is 5. The molecule has 32 heavy (non-hydrogen) atoms. The van der Waals surface area contributed by atoms with Crippen LogP contribution in [0.4, 0.5) is 8.78 Å². The topological polar surface area (TPSA) is 77.8 Å². The van der Waals surface area contributed by atoms with Crippen molar-refractivity contribution in [2.45, 2.75) is 50.9 Å². The molecular formula is C23H22F2N2O5. The van der Waals surface area contributed by atoms with Crippen LogP contribution in [-0.2, 0) is 17.9 Å². The number of hydrogen-bond donors (Lipinski definition) is 0. The molecule has 7 nitrogen and oxygen atoms in total. The SMILES string of the molecule is CCOC(=O)c1cn2c(c(OCc3ccccc3)c1=O)C(=O)N1C3C[C@@H](CC3(F)F)[C@@H]1C2. The van der Waals surface area contributed by atoms with Gasteiger partial charge < -0.3 is 18.9 Å². The highest BCUT2D eigenvalue weighted by Crippen LogP contribution is 2.53. The predicted octanol–water partition coefficient (Wildman–Crippen LogP) is 2.86. The van der Waals surface area contributed by atoms with Crippen molar-refractivity contribution >= 4 is 11.9 Å². The van der Waals surface area contributed by atoms with Crippen molar-refractivity contribution in [3.8, 4) is 5.75 Å². The summed E-state index contributed by atoms with van der Waals surface area (Å²) in [7, 11) is 0. The van der Waals surface area contributed by atoms with Gasteiger partial charge in [-0.1, -0.05) is 30.3 Å². The van der Waals surface area contributed by atoms with Crippen LogP contribution in [0.2, 0.25) is 0 Å². The number of fused-ring (bicyclic) bond motifs is 6. The summed E-state index contributed by atoms with van der Waals surface area (Å²) in [5.74, 6) is -5.06. The summed E-state index contributed by atoms with van der Waals surface area (Å²) in [6.07, 6.45) is 1.27. The minimum Gasteiger partial charge on any atom is -0.483 e. The second-order valence-corrected chi connectivity index (χ2v) is 8.45. The molecule has 1 amide bonds. The number of pyridine rings is 1. The van der Waals surface area contributed by atoms with Crippen LogP contribution in [-0.4, -0.2) is 46.0 Å². The van der Waals surface area contributed by atoms with Crippen molar-refractivity contribution in [1.82, 2.24) is 9.47 Å². The van der Waals surface area contributed by atoms with Crippen LogP contribution >= 0.6 is 0 Å². The molecule has 2 aliphatic heterocycles. The van der Waals surface area contributed by atoms with E-state index >= 15 is 0 Å². The first-order valence-electron chi connectivity index (χ1n) is 10.6. The van der Waals surface area contributed by atoms with Crippen LogP contribution in [0.3, 0.4) is 0 Å². The molecule has 1 unspecified atom stereocenters. The lowest BCUT2D eigenvalue weighted by atomic mass is 9.94. The number of rotatable bonds is 5. The molecule has 9 heteroatoms. The van der Waals surface area contributed by atoms with Crippen molar-refractivity contribution in [1.29, 1.82) is 0 Å². The number of alkyl halides is 2. The highest BCUT2D eigenvalue weighted by molar-refractivity contribution is 5.98. The summed E-state index contributed by atoms with van der Waals surface area (Å²) in [5.41, 5.74) is -0.374. The van der Waals surface area contributed by atoms with Gasteiger partial charge in [0, 0.05) is 19.2 Å². The molecule has 168 valence electrons. The summed E-state index contributed by atoms with van der Waals surface area (Å²) in [6, 6.07) is 7.42. The quantitative estimate of drug-likeness (QED) is 0.663. The molecule has 2 aromatic rings. The number of benzene rings is 1. The Labute approximate surface area is 182 Å². The van der Waals surface area contributed by atoms with Gasteiger partial charge in [-0.25, -0.2) is 13.6 Å². The van der Waals surface area contributed by atoms with Crippen molar-refractivity contribution in [3.05, 3.63) is 63.6 Å². The molecule has 1 aliphatic carbocycles. The maximum absolute atomic E-state index is 14.4. The Morgan fingerprint density at radius 2 is 1.97 bits per heavy atom. The van der Waals surface area contributed by atoms with Gasteiger partial charge in [0.25, 0.3) is 11.8 Å². The maximum Gasteiger partial charge on any atom is 0.343 e. The Hall–Kier alpha value is -3.23. The number of aromatic nitrogens is 1. The van der Waals surface area contributed by atoms with E-state index in [4.69, 9.17) is 9.47 Å². The summed E-state index contributed by atoms with van der Waals surface area (Å²) in [5, 5.41) is 0. The molecule has 0 spiro atoms. The van der Waals surface area contributed by atoms with E-state index in [-0.39, 0.29) is 55.5 Å². The normalized spacial score (nSPS) is 24.8. The fourth-order valence-corrected chi connectivity index (χ4v) is 5.17. The van der Waals surface area contributed by atoms with Gasteiger partial charge in [0.2, 0.25) is 5.43 Å². The molecule has 0 radical (unpaired) electrons. The average molecular weight is 444 g/mol. The molecule has 1 aromatic heterocycles. The van der Waals surface area contributed by atoms with E-state index in [0.717, 1.165) is 5.56 Å². The first kappa shape index (κ1) is 20.7. The molecular weight excluding hydrogens is 422 g/mol. The molecule has 3 heterocycles. The van der Waals surface area contributed by atoms with Gasteiger partial charge in [0.15, 0.2) is 11.4 Å². The number of carbonyl (C=O) groups is 2. The van der Waals surface area contributed by atoms with Crippen LogP contribution in [0, 0.1) is 5.92 Å². The third-order valence-electron chi connectivity index (χ3n) is 6.57. The number of halogens is 2. The van der Waals surface area contributed by atoms with Crippen molar-refractivity contribution < 1.29 is 27.8 Å². The smallest absolute Gasteiger partial charge is 0.343 e. The van der Waals surface area contributed by atoms with Crippen molar-refractivity contribution in [2.75, 3.05) is 6.61 Å². The summed E-state index contributed by atoms with van der Waals surface area (Å²) in [4.78, 5) is 40.2. The lowest BCUT2D eigenvalue weighted by molar-refractivity contribution is -0.0871. The molecule has 1 aromatic carbocycles. The highest BCUT2D eigenvalue weighted by atomic mass is 19.3. The summed E-state index contributed by atoms with van der Waals surface area (Å²) in [6.45, 7) is 1.90. The Morgan fingerprint density at radius 1 is 1.22 bits per heavy atom. The van der Waals surface area contributed by atoms with E-state index < -0.39 is 35.3 Å². The van der Waals surface area contributed by atoms with E-state index in [0.29, 0.717) is 0 Å². The fourth-order valence-electron chi connectivity index (χ4n) is 5.17. The van der Waals surface area contributed by atoms with Crippen LogP contribution in [0.15, 0.2) is 41.3 Å². The molecule has 3 atom stereocenters. The second kappa shape index (κ2) is 7.43. The fraction of sp³-hybridized carbons (Fsp3) is 0.435. The van der Waals surface area contributed by atoms with Gasteiger partial charge in [0.1, 0.15) is 12.2 Å². The zero-order valence-corrected chi connectivity index (χ0v) is 17.4. The van der Waals surface area contributed by atoms with Gasteiger partial charge >= 0.3 is 5.97 Å². The zero-order chi connectivity index (χ0) is 22.6. The molecule has 2 fully saturated rings. The van der Waals surface area contributed by atoms with E-state index in [2.05, 4.69) is 0 Å². The molecule has 2 bridgehead atoms. The first-order chi connectivity index (χ1) is 15.3. The predicted molar refractivity (Wildman–Crippen MR) is 109 cm³/mol. The standard InChI is InChI=1S/C23H22F2N2O5/c1-2-31-22(30)15-10-26-11-16-14-8-17(23(24,25)9-14)27(16)21(29)18(26)20(19(15)28)32-12-13-6-4-3-5-7-13/h3-7,10,14,16-17H,2,8-9,11-12H2,1H3/t14-,16-,17?/m0/s1. The third kappa shape index (κ3) is 3.10. The van der Waals surface area contributed by atoms with Gasteiger partial charge in [-0.05, 0) is 24.8 Å². The number of ether oxygens (including phenoxy) is 2. The minimum absolute atomic E-state index is 0.0196. The summed E-state index contributed by atoms with van der Waals surface area (Å²) < 4.78 is 41.1. The van der Waals surface area contributed by atoms with Crippen molar-refractivity contribution in [3.63, 3.8) is 0 Å². The molecule has 0 N–H and O–H groups in total. The lowest BCUT2D eigenvalue weighted by Gasteiger charge is -2.43. The van der Waals surface area contributed by atoms with Gasteiger partial charge in [-0.15, -0.1) is 0 Å². The molecule has 5 rings (SSSR count). The zero-order valence-electron chi connectivity index (χ0n) is 17.4. The monoisotopic (exact) mass is 444 g/mol. The van der Waals surface area contributed by atoms with E-state index in [1.807, 2.05) is 6.07 Å². The lowest BCUT2D eigenvalue weighted by Crippen LogP contribution is -2.58. The van der Waals surface area contributed by atoms with Crippen LogP contribution in [0.25, 0.3) is 0 Å². The van der Waals surface area contributed by atoms with E-state index in [9.17, 15) is 23.2 Å². The number of esters is 1. The van der Waals surface area contributed by atoms with Gasteiger partial charge in [0.05, 0.1) is 18.7 Å². The largest absolute Gasteiger partial charge is 0.483 e. The number of amides is 1. The average Bonchev–Trinajstić information content (AvgIpc) is 3.28. The Morgan fingerprint density at radius 3 is 2.69 bits per heavy atom. The molecule has 3 aliphatic rings. The van der Waals surface area contributed by atoms with Crippen LogP contribution < -0.4 is 10.2 Å². The first-order valence-corrected chi connectivity index (χ1v) is 10.6. The number of nitrogens with zero attached hydrogens (tertiary/aromatic N) is 2. The van der Waals surface area contributed by atoms with Crippen LogP contribution in [0.5, 0.6) is 5.75 Å². The Kier molecular flexibility index (Phi) is 4.79. The summed E-state index contributed by atoms with van der Waals surface area (Å²) >= 11 is 0. The maximum atomic E-state index is 14.4. The highest BCUT2D eigenvalue weighted by Gasteiger charge is 2.63. The number of carbonyl (C=O) groups excluding carboxylic acids is 2. The van der Waals surface area contributed by atoms with E-state index in [1.165, 1.54) is 15.7 Å². The molecule has 1 saturated heterocycles. The van der Waals surface area contributed by atoms with Gasteiger partial charge in [-0.3, -0.25) is 9.59 Å². The molecule has 1 saturated carbocycles.